The van der Waals surface area contributed by atoms with E-state index in [0.717, 1.165) is 0 Å². The predicted molar refractivity (Wildman–Crippen MR) is 76.5 cm³/mol. The van der Waals surface area contributed by atoms with E-state index in [1.165, 1.54) is 25.9 Å². The first-order valence-electron chi connectivity index (χ1n) is 4.95. The number of hydrogen-bond acceptors (Lipinski definition) is 4. The second kappa shape index (κ2) is 6.50. The van der Waals surface area contributed by atoms with Gasteiger partial charge in [-0.15, -0.1) is 0 Å². The zero-order valence-electron chi connectivity index (χ0n) is 10.2. The minimum Gasteiger partial charge on any atom is -0.317 e. The molecule has 0 unspecified atom stereocenters. The van der Waals surface area contributed by atoms with Gasteiger partial charge in [-0.1, -0.05) is 11.6 Å². The van der Waals surface area contributed by atoms with E-state index in [4.69, 9.17) is 32.5 Å². The van der Waals surface area contributed by atoms with E-state index in [1.54, 1.807) is 24.3 Å². The minimum atomic E-state index is -2.75. The molecule has 0 bridgehead atoms. The highest BCUT2D eigenvalue weighted by molar-refractivity contribution is 8.09. The van der Waals surface area contributed by atoms with Crippen LogP contribution >= 0.6 is 18.2 Å². The van der Waals surface area contributed by atoms with Gasteiger partial charge in [0.25, 0.3) is 6.64 Å². The summed E-state index contributed by atoms with van der Waals surface area (Å²) in [5, 5.41) is 3.27. The topological polar surface area (TPSA) is 50.8 Å². The third-order valence-corrected chi connectivity index (χ3v) is 5.94. The third kappa shape index (κ3) is 3.67. The number of carbonyl (C=O) groups excluding carboxylic acids is 1. The summed E-state index contributed by atoms with van der Waals surface area (Å²) in [5.74, 6) is 0. The molecule has 1 N–H and O–H groups in total. The first kappa shape index (κ1) is 15.4. The average Bonchev–Trinajstić information content (AvgIpc) is 2.39. The van der Waals surface area contributed by atoms with Crippen molar-refractivity contribution in [2.75, 3.05) is 26.6 Å². The molecule has 0 saturated heterocycles. The maximum atomic E-state index is 11.9. The Morgan fingerprint density at radius 2 is 1.83 bits per heavy atom. The normalized spacial score (nSPS) is 11.1. The van der Waals surface area contributed by atoms with Crippen LogP contribution in [0.1, 0.15) is 0 Å². The van der Waals surface area contributed by atoms with Crippen molar-refractivity contribution >= 4 is 41.8 Å². The van der Waals surface area contributed by atoms with Crippen LogP contribution in [0.25, 0.3) is 0 Å². The van der Waals surface area contributed by atoms with Crippen LogP contribution in [0.5, 0.6) is 0 Å². The molecule has 0 aliphatic heterocycles. The number of carbonyl (C=O) groups is 1. The standard InChI is InChI=1S/C10H14ClN2O3PS/c1-13(17(18,15-2)16-3)10(14)12-9-6-4-8(11)5-7-9/h4-7H,1-3H3,(H,12,14). The largest absolute Gasteiger partial charge is 0.328 e. The van der Waals surface area contributed by atoms with E-state index in [-0.39, 0.29) is 0 Å². The molecule has 0 aliphatic rings. The number of benzene rings is 1. The highest BCUT2D eigenvalue weighted by atomic mass is 35.5. The molecule has 0 saturated carbocycles. The fourth-order valence-corrected chi connectivity index (χ4v) is 2.43. The Morgan fingerprint density at radius 1 is 1.33 bits per heavy atom. The molecule has 18 heavy (non-hydrogen) atoms. The summed E-state index contributed by atoms with van der Waals surface area (Å²) < 4.78 is 11.4. The lowest BCUT2D eigenvalue weighted by atomic mass is 10.3. The van der Waals surface area contributed by atoms with Gasteiger partial charge in [0.2, 0.25) is 0 Å². The molecule has 1 aromatic rings. The van der Waals surface area contributed by atoms with Crippen molar-refractivity contribution in [1.29, 1.82) is 0 Å². The Bertz CT molecular complexity index is 461. The summed E-state index contributed by atoms with van der Waals surface area (Å²) in [6.07, 6.45) is 0. The summed E-state index contributed by atoms with van der Waals surface area (Å²) in [6.45, 7) is -2.75. The second-order valence-electron chi connectivity index (χ2n) is 3.29. The highest BCUT2D eigenvalue weighted by Crippen LogP contribution is 2.49. The fourth-order valence-electron chi connectivity index (χ4n) is 1.17. The van der Waals surface area contributed by atoms with Gasteiger partial charge in [0.05, 0.1) is 0 Å². The number of rotatable bonds is 4. The molecule has 0 aliphatic carbocycles. The van der Waals surface area contributed by atoms with Gasteiger partial charge in [-0.2, -0.15) is 0 Å². The van der Waals surface area contributed by atoms with E-state index in [1.807, 2.05) is 0 Å². The summed E-state index contributed by atoms with van der Waals surface area (Å²) >= 11 is 10.9. The van der Waals surface area contributed by atoms with Crippen LogP contribution in [0.4, 0.5) is 10.5 Å². The lowest BCUT2D eigenvalue weighted by molar-refractivity contribution is 0.228. The number of hydrogen-bond donors (Lipinski definition) is 1. The maximum absolute atomic E-state index is 11.9. The van der Waals surface area contributed by atoms with Gasteiger partial charge < -0.3 is 14.4 Å². The van der Waals surface area contributed by atoms with E-state index in [2.05, 4.69) is 5.32 Å². The van der Waals surface area contributed by atoms with Crippen LogP contribution in [0.3, 0.4) is 0 Å². The molecule has 1 rings (SSSR count). The number of urea groups is 1. The van der Waals surface area contributed by atoms with E-state index >= 15 is 0 Å². The number of nitrogens with one attached hydrogen (secondary N) is 1. The Morgan fingerprint density at radius 3 is 2.28 bits per heavy atom. The van der Waals surface area contributed by atoms with Crippen molar-refractivity contribution in [2.24, 2.45) is 0 Å². The van der Waals surface area contributed by atoms with Crippen LogP contribution in [-0.2, 0) is 20.9 Å². The number of anilines is 1. The smallest absolute Gasteiger partial charge is 0.317 e. The molecule has 0 aromatic heterocycles. The Balaban J connectivity index is 2.77. The van der Waals surface area contributed by atoms with Crippen LogP contribution in [-0.4, -0.2) is 32.0 Å². The molecule has 2 amide bonds. The molecule has 0 radical (unpaired) electrons. The summed E-state index contributed by atoms with van der Waals surface area (Å²) in [5.41, 5.74) is 0.616. The number of halogens is 1. The maximum Gasteiger partial charge on any atom is 0.328 e. The van der Waals surface area contributed by atoms with Crippen molar-refractivity contribution in [2.45, 2.75) is 0 Å². The average molecular weight is 309 g/mol. The summed E-state index contributed by atoms with van der Waals surface area (Å²) in [4.78, 5) is 11.9. The van der Waals surface area contributed by atoms with Crippen molar-refractivity contribution < 1.29 is 13.8 Å². The van der Waals surface area contributed by atoms with Crippen LogP contribution in [0.15, 0.2) is 24.3 Å². The van der Waals surface area contributed by atoms with E-state index in [0.29, 0.717) is 10.7 Å². The molecule has 0 spiro atoms. The molecule has 0 atom stereocenters. The Kier molecular flexibility index (Phi) is 5.56. The first-order valence-corrected chi connectivity index (χ1v) is 7.92. The molecule has 1 aromatic carbocycles. The number of amides is 2. The minimum absolute atomic E-state index is 0.399. The predicted octanol–water partition coefficient (Wildman–Crippen LogP) is 3.32. The van der Waals surface area contributed by atoms with Crippen molar-refractivity contribution in [3.05, 3.63) is 29.3 Å². The van der Waals surface area contributed by atoms with Gasteiger partial charge in [0.1, 0.15) is 0 Å². The van der Waals surface area contributed by atoms with Crippen LogP contribution < -0.4 is 5.32 Å². The summed E-state index contributed by atoms with van der Waals surface area (Å²) in [7, 11) is 4.35. The zero-order valence-corrected chi connectivity index (χ0v) is 12.7. The molecule has 5 nitrogen and oxygen atoms in total. The molecule has 0 fully saturated rings. The van der Waals surface area contributed by atoms with E-state index in [9.17, 15) is 4.79 Å². The molecule has 0 heterocycles. The van der Waals surface area contributed by atoms with Gasteiger partial charge in [-0.3, -0.25) is 4.67 Å². The molecule has 8 heteroatoms. The zero-order chi connectivity index (χ0) is 13.8. The fraction of sp³-hybridized carbons (Fsp3) is 0.300. The van der Waals surface area contributed by atoms with Crippen molar-refractivity contribution in [1.82, 2.24) is 4.67 Å². The first-order chi connectivity index (χ1) is 8.42. The van der Waals surface area contributed by atoms with Gasteiger partial charge in [0.15, 0.2) is 0 Å². The summed E-state index contributed by atoms with van der Waals surface area (Å²) in [6, 6.07) is 6.35. The second-order valence-corrected chi connectivity index (χ2v) is 7.38. The van der Waals surface area contributed by atoms with Crippen molar-refractivity contribution in [3.8, 4) is 0 Å². The van der Waals surface area contributed by atoms with E-state index < -0.39 is 12.7 Å². The molecular formula is C10H14ClN2O3PS. The van der Waals surface area contributed by atoms with Gasteiger partial charge in [-0.05, 0) is 36.1 Å². The quantitative estimate of drug-likeness (QED) is 0.867. The number of nitrogens with zero attached hydrogens (tertiary/aromatic N) is 1. The lowest BCUT2D eigenvalue weighted by Gasteiger charge is -2.27. The molecule has 100 valence electrons. The van der Waals surface area contributed by atoms with Crippen LogP contribution in [0, 0.1) is 0 Å². The van der Waals surface area contributed by atoms with Gasteiger partial charge in [0, 0.05) is 32.0 Å². The van der Waals surface area contributed by atoms with Gasteiger partial charge in [-0.25, -0.2) is 4.79 Å². The van der Waals surface area contributed by atoms with Crippen LogP contribution in [0.2, 0.25) is 5.02 Å². The lowest BCUT2D eigenvalue weighted by Crippen LogP contribution is -2.29. The van der Waals surface area contributed by atoms with Gasteiger partial charge >= 0.3 is 6.03 Å². The third-order valence-electron chi connectivity index (χ3n) is 2.22. The molecular weight excluding hydrogens is 295 g/mol. The highest BCUT2D eigenvalue weighted by Gasteiger charge is 2.27. The Hall–Kier alpha value is -0.650. The monoisotopic (exact) mass is 308 g/mol. The van der Waals surface area contributed by atoms with Crippen molar-refractivity contribution in [3.63, 3.8) is 0 Å². The SMILES string of the molecule is COP(=S)(OC)N(C)C(=O)Nc1ccc(Cl)cc1. The Labute approximate surface area is 116 Å².